The van der Waals surface area contributed by atoms with E-state index in [1.807, 2.05) is 12.1 Å². The second-order valence-corrected chi connectivity index (χ2v) is 7.94. The number of rotatable bonds is 6. The first-order valence-electron chi connectivity index (χ1n) is 10.7. The number of hydrogen-bond donors (Lipinski definition) is 2. The fraction of sp³-hybridized carbons (Fsp3) is 0.318. The number of benzene rings is 1. The van der Waals surface area contributed by atoms with Crippen LogP contribution >= 0.6 is 0 Å². The van der Waals surface area contributed by atoms with Crippen molar-refractivity contribution < 1.29 is 23.0 Å². The highest BCUT2D eigenvalue weighted by Gasteiger charge is 2.34. The predicted octanol–water partition coefficient (Wildman–Crippen LogP) is 3.65. The van der Waals surface area contributed by atoms with Gasteiger partial charge in [0.05, 0.1) is 31.5 Å². The standard InChI is InChI=1S/C22H22F3N7O2/c1-34-18-7-6-14(10-16(18)22(23,24)25)30-11-19(26-13-30)27-21-28-20(17-5-3-9-32(17)29-21)31-8-2-4-15(31)12-33/h3,5-7,9-11,13,15,33H,2,4,8,12H2,1H3,(H,27,29). The molecule has 4 aromatic rings. The Balaban J connectivity index is 1.45. The van der Waals surface area contributed by atoms with Gasteiger partial charge in [-0.15, -0.1) is 5.10 Å². The van der Waals surface area contributed by atoms with Gasteiger partial charge in [0.1, 0.15) is 17.6 Å². The molecule has 1 aliphatic heterocycles. The summed E-state index contributed by atoms with van der Waals surface area (Å²) >= 11 is 0. The number of anilines is 3. The van der Waals surface area contributed by atoms with Crippen molar-refractivity contribution in [3.8, 4) is 11.4 Å². The highest BCUT2D eigenvalue weighted by molar-refractivity contribution is 5.71. The molecule has 34 heavy (non-hydrogen) atoms. The Morgan fingerprint density at radius 1 is 1.26 bits per heavy atom. The van der Waals surface area contributed by atoms with E-state index in [-0.39, 0.29) is 30.0 Å². The van der Waals surface area contributed by atoms with Crippen molar-refractivity contribution in [2.24, 2.45) is 0 Å². The number of alkyl halides is 3. The Bertz CT molecular complexity index is 1320. The van der Waals surface area contributed by atoms with Crippen molar-refractivity contribution >= 4 is 23.1 Å². The van der Waals surface area contributed by atoms with Gasteiger partial charge in [-0.1, -0.05) is 0 Å². The molecule has 1 unspecified atom stereocenters. The van der Waals surface area contributed by atoms with Gasteiger partial charge in [0.2, 0.25) is 5.95 Å². The molecule has 5 rings (SSSR count). The summed E-state index contributed by atoms with van der Waals surface area (Å²) in [5, 5.41) is 17.2. The first-order chi connectivity index (χ1) is 16.4. The molecule has 0 radical (unpaired) electrons. The summed E-state index contributed by atoms with van der Waals surface area (Å²) < 4.78 is 48.2. The second kappa shape index (κ2) is 8.52. The molecule has 2 N–H and O–H groups in total. The summed E-state index contributed by atoms with van der Waals surface area (Å²) in [4.78, 5) is 11.0. The number of halogens is 3. The average molecular weight is 473 g/mol. The number of nitrogens with zero attached hydrogens (tertiary/aromatic N) is 6. The maximum atomic E-state index is 13.4. The van der Waals surface area contributed by atoms with Crippen molar-refractivity contribution in [2.75, 3.05) is 30.5 Å². The van der Waals surface area contributed by atoms with Crippen LogP contribution < -0.4 is 15.0 Å². The lowest BCUT2D eigenvalue weighted by molar-refractivity contribution is -0.138. The molecule has 0 spiro atoms. The zero-order chi connectivity index (χ0) is 23.9. The van der Waals surface area contributed by atoms with Gasteiger partial charge in [-0.05, 0) is 43.2 Å². The molecule has 4 heterocycles. The number of fused-ring (bicyclic) bond motifs is 1. The van der Waals surface area contributed by atoms with Crippen molar-refractivity contribution in [3.63, 3.8) is 0 Å². The van der Waals surface area contributed by atoms with E-state index in [2.05, 4.69) is 25.3 Å². The molecule has 178 valence electrons. The molecule has 1 saturated heterocycles. The zero-order valence-electron chi connectivity index (χ0n) is 18.2. The van der Waals surface area contributed by atoms with E-state index in [9.17, 15) is 18.3 Å². The third-order valence-corrected chi connectivity index (χ3v) is 5.84. The molecule has 12 heteroatoms. The molecule has 3 aromatic heterocycles. The summed E-state index contributed by atoms with van der Waals surface area (Å²) in [5.41, 5.74) is 0.221. The SMILES string of the molecule is COc1ccc(-n2cnc(Nc3nc(N4CCCC4CO)c4cccn4n3)c2)cc1C(F)(F)F. The molecule has 9 nitrogen and oxygen atoms in total. The van der Waals surface area contributed by atoms with E-state index in [1.54, 1.807) is 16.9 Å². The van der Waals surface area contributed by atoms with E-state index < -0.39 is 11.7 Å². The summed E-state index contributed by atoms with van der Waals surface area (Å²) in [6.45, 7) is 0.808. The number of aliphatic hydroxyl groups is 1. The van der Waals surface area contributed by atoms with Crippen LogP contribution in [0.5, 0.6) is 5.75 Å². The summed E-state index contributed by atoms with van der Waals surface area (Å²) in [7, 11) is 1.20. The topological polar surface area (TPSA) is 92.7 Å². The molecule has 1 atom stereocenters. The molecular formula is C22H22F3N7O2. The van der Waals surface area contributed by atoms with Crippen LogP contribution in [-0.2, 0) is 6.18 Å². The van der Waals surface area contributed by atoms with Crippen LogP contribution in [0.15, 0.2) is 49.1 Å². The lowest BCUT2D eigenvalue weighted by atomic mass is 10.1. The highest BCUT2D eigenvalue weighted by Crippen LogP contribution is 2.37. The van der Waals surface area contributed by atoms with Crippen LogP contribution in [0.2, 0.25) is 0 Å². The summed E-state index contributed by atoms with van der Waals surface area (Å²) in [6, 6.07) is 7.54. The molecule has 1 aliphatic rings. The molecule has 1 aromatic carbocycles. The van der Waals surface area contributed by atoms with Gasteiger partial charge in [-0.25, -0.2) is 9.50 Å². The number of imidazole rings is 1. The largest absolute Gasteiger partial charge is 0.496 e. The molecule has 0 bridgehead atoms. The Labute approximate surface area is 192 Å². The first kappa shape index (κ1) is 22.0. The van der Waals surface area contributed by atoms with Gasteiger partial charge >= 0.3 is 6.18 Å². The Morgan fingerprint density at radius 3 is 2.88 bits per heavy atom. The van der Waals surface area contributed by atoms with Crippen molar-refractivity contribution in [1.29, 1.82) is 0 Å². The van der Waals surface area contributed by atoms with Gasteiger partial charge < -0.3 is 24.6 Å². The van der Waals surface area contributed by atoms with Crippen LogP contribution in [0.4, 0.5) is 30.8 Å². The highest BCUT2D eigenvalue weighted by atomic mass is 19.4. The van der Waals surface area contributed by atoms with E-state index in [1.165, 1.54) is 30.1 Å². The number of ether oxygens (including phenoxy) is 1. The predicted molar refractivity (Wildman–Crippen MR) is 119 cm³/mol. The van der Waals surface area contributed by atoms with Gasteiger partial charge in [-0.3, -0.25) is 0 Å². The first-order valence-corrected chi connectivity index (χ1v) is 10.7. The monoisotopic (exact) mass is 473 g/mol. The van der Waals surface area contributed by atoms with Crippen molar-refractivity contribution in [3.05, 3.63) is 54.6 Å². The Kier molecular flexibility index (Phi) is 5.52. The summed E-state index contributed by atoms with van der Waals surface area (Å²) in [6.07, 6.45) is 2.03. The molecular weight excluding hydrogens is 451 g/mol. The maximum Gasteiger partial charge on any atom is 0.420 e. The number of aromatic nitrogens is 5. The smallest absolute Gasteiger partial charge is 0.420 e. The van der Waals surface area contributed by atoms with Gasteiger partial charge in [0.15, 0.2) is 11.6 Å². The molecule has 1 fully saturated rings. The lowest BCUT2D eigenvalue weighted by Crippen LogP contribution is -2.33. The lowest BCUT2D eigenvalue weighted by Gasteiger charge is -2.25. The molecule has 0 amide bonds. The second-order valence-electron chi connectivity index (χ2n) is 7.94. The minimum absolute atomic E-state index is 0.0152. The van der Waals surface area contributed by atoms with E-state index in [4.69, 9.17) is 4.74 Å². The van der Waals surface area contributed by atoms with Crippen molar-refractivity contribution in [1.82, 2.24) is 24.1 Å². The van der Waals surface area contributed by atoms with E-state index >= 15 is 0 Å². The molecule has 0 aliphatic carbocycles. The fourth-order valence-electron chi connectivity index (χ4n) is 4.21. The van der Waals surface area contributed by atoms with E-state index in [0.29, 0.717) is 11.6 Å². The molecule has 0 saturated carbocycles. The van der Waals surface area contributed by atoms with Gasteiger partial charge in [0.25, 0.3) is 0 Å². The van der Waals surface area contributed by atoms with Crippen molar-refractivity contribution in [2.45, 2.75) is 25.1 Å². The Hall–Kier alpha value is -3.80. The summed E-state index contributed by atoms with van der Waals surface area (Å²) in [5.74, 6) is 1.09. The number of aliphatic hydroxyl groups excluding tert-OH is 1. The Morgan fingerprint density at radius 2 is 2.12 bits per heavy atom. The normalized spacial score (nSPS) is 16.4. The fourth-order valence-corrected chi connectivity index (χ4v) is 4.21. The minimum atomic E-state index is -4.55. The minimum Gasteiger partial charge on any atom is -0.496 e. The quantitative estimate of drug-likeness (QED) is 0.442. The zero-order valence-corrected chi connectivity index (χ0v) is 18.2. The van der Waals surface area contributed by atoms with Crippen LogP contribution in [-0.4, -0.2) is 55.6 Å². The van der Waals surface area contributed by atoms with Gasteiger partial charge in [-0.2, -0.15) is 18.2 Å². The average Bonchev–Trinajstić information content (AvgIpc) is 3.58. The third kappa shape index (κ3) is 4.00. The number of hydrogen-bond acceptors (Lipinski definition) is 7. The van der Waals surface area contributed by atoms with E-state index in [0.717, 1.165) is 31.0 Å². The number of methoxy groups -OCH3 is 1. The third-order valence-electron chi connectivity index (χ3n) is 5.84. The van der Waals surface area contributed by atoms with Crippen LogP contribution in [0.25, 0.3) is 11.2 Å². The van der Waals surface area contributed by atoms with Crippen LogP contribution in [0.1, 0.15) is 18.4 Å². The number of nitrogens with one attached hydrogen (secondary N) is 1. The van der Waals surface area contributed by atoms with Crippen LogP contribution in [0, 0.1) is 0 Å². The van der Waals surface area contributed by atoms with Gasteiger partial charge in [0, 0.05) is 18.4 Å². The van der Waals surface area contributed by atoms with Crippen LogP contribution in [0.3, 0.4) is 0 Å². The maximum absolute atomic E-state index is 13.4.